The van der Waals surface area contributed by atoms with Crippen LogP contribution in [0.4, 0.5) is 0 Å². The zero-order valence-corrected chi connectivity index (χ0v) is 12.9. The molecular formula is C15H24N2O4. The molecular weight excluding hydrogens is 272 g/mol. The largest absolute Gasteiger partial charge is 0.493 e. The molecule has 0 bridgehead atoms. The van der Waals surface area contributed by atoms with Crippen LogP contribution >= 0.6 is 0 Å². The first kappa shape index (κ1) is 17.1. The number of hydrogen-bond acceptors (Lipinski definition) is 5. The lowest BCUT2D eigenvalue weighted by molar-refractivity contribution is -0.121. The van der Waals surface area contributed by atoms with Crippen LogP contribution in [0.15, 0.2) is 12.1 Å². The lowest BCUT2D eigenvalue weighted by Gasteiger charge is -2.15. The highest BCUT2D eigenvalue weighted by Crippen LogP contribution is 2.40. The van der Waals surface area contributed by atoms with Crippen LogP contribution in [0.1, 0.15) is 18.4 Å². The molecule has 0 aliphatic rings. The van der Waals surface area contributed by atoms with E-state index in [0.717, 1.165) is 12.0 Å². The van der Waals surface area contributed by atoms with Crippen LogP contribution in [0, 0.1) is 0 Å². The molecule has 0 aliphatic heterocycles. The van der Waals surface area contributed by atoms with E-state index in [1.807, 2.05) is 12.1 Å². The van der Waals surface area contributed by atoms with Crippen LogP contribution in [-0.4, -0.2) is 40.3 Å². The van der Waals surface area contributed by atoms with Crippen molar-refractivity contribution in [2.75, 3.05) is 34.4 Å². The Balaban J connectivity index is 2.72. The van der Waals surface area contributed by atoms with E-state index >= 15 is 0 Å². The van der Waals surface area contributed by atoms with Gasteiger partial charge in [0.15, 0.2) is 11.5 Å². The molecule has 0 atom stereocenters. The lowest BCUT2D eigenvalue weighted by Crippen LogP contribution is -2.26. The summed E-state index contributed by atoms with van der Waals surface area (Å²) in [6.07, 6.45) is 1.74. The number of benzene rings is 1. The molecule has 118 valence electrons. The van der Waals surface area contributed by atoms with Gasteiger partial charge in [-0.2, -0.15) is 0 Å². The van der Waals surface area contributed by atoms with E-state index in [2.05, 4.69) is 5.32 Å². The highest BCUT2D eigenvalue weighted by molar-refractivity contribution is 5.76. The minimum absolute atomic E-state index is 0.000267. The SMILES string of the molecule is COc1ccc(CCC(=O)NCCCN)c(OC)c1OC. The number of nitrogens with one attached hydrogen (secondary N) is 1. The molecule has 1 aromatic carbocycles. The zero-order chi connectivity index (χ0) is 15.7. The summed E-state index contributed by atoms with van der Waals surface area (Å²) >= 11 is 0. The van der Waals surface area contributed by atoms with E-state index in [1.165, 1.54) is 0 Å². The molecule has 0 fully saturated rings. The van der Waals surface area contributed by atoms with Gasteiger partial charge in [0.2, 0.25) is 11.7 Å². The fraction of sp³-hybridized carbons (Fsp3) is 0.533. The monoisotopic (exact) mass is 296 g/mol. The molecule has 0 aromatic heterocycles. The normalized spacial score (nSPS) is 10.1. The fourth-order valence-electron chi connectivity index (χ4n) is 2.03. The number of amides is 1. The second-order valence-electron chi connectivity index (χ2n) is 4.49. The first-order valence-corrected chi connectivity index (χ1v) is 6.92. The van der Waals surface area contributed by atoms with E-state index in [-0.39, 0.29) is 5.91 Å². The Morgan fingerprint density at radius 3 is 2.43 bits per heavy atom. The van der Waals surface area contributed by atoms with E-state index in [1.54, 1.807) is 21.3 Å². The second-order valence-corrected chi connectivity index (χ2v) is 4.49. The van der Waals surface area contributed by atoms with Crippen LogP contribution in [0.2, 0.25) is 0 Å². The van der Waals surface area contributed by atoms with Gasteiger partial charge in [0.25, 0.3) is 0 Å². The Kier molecular flexibility index (Phi) is 7.39. The topological polar surface area (TPSA) is 82.8 Å². The number of rotatable bonds is 9. The number of nitrogens with two attached hydrogens (primary N) is 1. The first-order chi connectivity index (χ1) is 10.2. The molecule has 1 rings (SSSR count). The molecule has 1 amide bonds. The fourth-order valence-corrected chi connectivity index (χ4v) is 2.03. The lowest BCUT2D eigenvalue weighted by atomic mass is 10.1. The maximum absolute atomic E-state index is 11.7. The quantitative estimate of drug-likeness (QED) is 0.667. The molecule has 3 N–H and O–H groups in total. The van der Waals surface area contributed by atoms with Crippen molar-refractivity contribution in [3.8, 4) is 17.2 Å². The average Bonchev–Trinajstić information content (AvgIpc) is 2.51. The van der Waals surface area contributed by atoms with Gasteiger partial charge in [-0.05, 0) is 31.0 Å². The zero-order valence-electron chi connectivity index (χ0n) is 12.9. The van der Waals surface area contributed by atoms with Crippen molar-refractivity contribution in [2.45, 2.75) is 19.3 Å². The van der Waals surface area contributed by atoms with Gasteiger partial charge in [0.1, 0.15) is 0 Å². The highest BCUT2D eigenvalue weighted by Gasteiger charge is 2.16. The minimum Gasteiger partial charge on any atom is -0.493 e. The third-order valence-corrected chi connectivity index (χ3v) is 3.11. The van der Waals surface area contributed by atoms with Crippen LogP contribution < -0.4 is 25.3 Å². The summed E-state index contributed by atoms with van der Waals surface area (Å²) in [6.45, 7) is 1.18. The number of hydrogen-bond donors (Lipinski definition) is 2. The second kappa shape index (κ2) is 9.07. The minimum atomic E-state index is 0.000267. The van der Waals surface area contributed by atoms with Gasteiger partial charge in [-0.3, -0.25) is 4.79 Å². The molecule has 21 heavy (non-hydrogen) atoms. The Morgan fingerprint density at radius 1 is 1.14 bits per heavy atom. The molecule has 0 unspecified atom stereocenters. The van der Waals surface area contributed by atoms with Gasteiger partial charge in [-0.25, -0.2) is 0 Å². The van der Waals surface area contributed by atoms with Crippen molar-refractivity contribution in [1.82, 2.24) is 5.32 Å². The summed E-state index contributed by atoms with van der Waals surface area (Å²) in [5, 5.41) is 2.83. The van der Waals surface area contributed by atoms with E-state index < -0.39 is 0 Å². The number of ether oxygens (including phenoxy) is 3. The van der Waals surface area contributed by atoms with Crippen molar-refractivity contribution in [3.05, 3.63) is 17.7 Å². The summed E-state index contributed by atoms with van der Waals surface area (Å²) in [5.74, 6) is 1.75. The van der Waals surface area contributed by atoms with Crippen LogP contribution in [-0.2, 0) is 11.2 Å². The number of carbonyl (C=O) groups is 1. The standard InChI is InChI=1S/C15H24N2O4/c1-19-12-7-5-11(14(20-2)15(12)21-3)6-8-13(18)17-10-4-9-16/h5,7H,4,6,8-10,16H2,1-3H3,(H,17,18). The Bertz CT molecular complexity index is 463. The maximum Gasteiger partial charge on any atom is 0.220 e. The van der Waals surface area contributed by atoms with Gasteiger partial charge in [0, 0.05) is 13.0 Å². The van der Waals surface area contributed by atoms with Crippen molar-refractivity contribution < 1.29 is 19.0 Å². The Hall–Kier alpha value is -1.95. The van der Waals surface area contributed by atoms with E-state index in [0.29, 0.717) is 43.2 Å². The van der Waals surface area contributed by atoms with Crippen LogP contribution in [0.5, 0.6) is 17.2 Å². The van der Waals surface area contributed by atoms with Crippen LogP contribution in [0.25, 0.3) is 0 Å². The molecule has 0 spiro atoms. The van der Waals surface area contributed by atoms with Crippen molar-refractivity contribution in [3.63, 3.8) is 0 Å². The van der Waals surface area contributed by atoms with Crippen molar-refractivity contribution in [1.29, 1.82) is 0 Å². The molecule has 0 heterocycles. The smallest absolute Gasteiger partial charge is 0.220 e. The Morgan fingerprint density at radius 2 is 1.86 bits per heavy atom. The van der Waals surface area contributed by atoms with Gasteiger partial charge in [-0.15, -0.1) is 0 Å². The first-order valence-electron chi connectivity index (χ1n) is 6.92. The predicted molar refractivity (Wildman–Crippen MR) is 81.1 cm³/mol. The van der Waals surface area contributed by atoms with Crippen LogP contribution in [0.3, 0.4) is 0 Å². The summed E-state index contributed by atoms with van der Waals surface area (Å²) < 4.78 is 15.9. The molecule has 1 aromatic rings. The summed E-state index contributed by atoms with van der Waals surface area (Å²) in [5.41, 5.74) is 6.29. The van der Waals surface area contributed by atoms with Crippen molar-refractivity contribution >= 4 is 5.91 Å². The molecule has 6 heteroatoms. The number of carbonyl (C=O) groups excluding carboxylic acids is 1. The average molecular weight is 296 g/mol. The van der Waals surface area contributed by atoms with Crippen molar-refractivity contribution in [2.24, 2.45) is 5.73 Å². The van der Waals surface area contributed by atoms with Gasteiger partial charge < -0.3 is 25.3 Å². The molecule has 0 aliphatic carbocycles. The third-order valence-electron chi connectivity index (χ3n) is 3.11. The summed E-state index contributed by atoms with van der Waals surface area (Å²) in [4.78, 5) is 11.7. The van der Waals surface area contributed by atoms with E-state index in [4.69, 9.17) is 19.9 Å². The predicted octanol–water partition coefficient (Wildman–Crippen LogP) is 1.11. The summed E-state index contributed by atoms with van der Waals surface area (Å²) in [6, 6.07) is 3.69. The highest BCUT2D eigenvalue weighted by atomic mass is 16.5. The maximum atomic E-state index is 11.7. The molecule has 0 saturated carbocycles. The number of methoxy groups -OCH3 is 3. The third kappa shape index (κ3) is 4.82. The van der Waals surface area contributed by atoms with Gasteiger partial charge in [0.05, 0.1) is 21.3 Å². The van der Waals surface area contributed by atoms with E-state index in [9.17, 15) is 4.79 Å². The molecule has 6 nitrogen and oxygen atoms in total. The summed E-state index contributed by atoms with van der Waals surface area (Å²) in [7, 11) is 4.70. The number of aryl methyl sites for hydroxylation is 1. The van der Waals surface area contributed by atoms with Gasteiger partial charge in [-0.1, -0.05) is 6.07 Å². The van der Waals surface area contributed by atoms with Gasteiger partial charge >= 0.3 is 0 Å². The molecule has 0 saturated heterocycles. The molecule has 0 radical (unpaired) electrons. The Labute approximate surface area is 125 Å².